The molecule has 7 nitrogen and oxygen atoms in total. The highest BCUT2D eigenvalue weighted by molar-refractivity contribution is 6.35. The van der Waals surface area contributed by atoms with Gasteiger partial charge in [0, 0.05) is 23.5 Å². The molecule has 2 aromatic rings. The van der Waals surface area contributed by atoms with Gasteiger partial charge in [-0.05, 0) is 31.0 Å². The Morgan fingerprint density at radius 3 is 2.81 bits per heavy atom. The molecule has 0 fully saturated rings. The van der Waals surface area contributed by atoms with Crippen LogP contribution < -0.4 is 5.32 Å². The first kappa shape index (κ1) is 17.9. The van der Waals surface area contributed by atoms with E-state index in [0.29, 0.717) is 25.1 Å². The van der Waals surface area contributed by atoms with Gasteiger partial charge in [0.1, 0.15) is 17.6 Å². The SMILES string of the molecule is N#Cc1cc(NC(=O)c2c(Cl)c(C(O)C(=O)O)c3n2CCC3)ccc1F. The van der Waals surface area contributed by atoms with Crippen LogP contribution in [0.5, 0.6) is 0 Å². The van der Waals surface area contributed by atoms with Gasteiger partial charge in [-0.15, -0.1) is 0 Å². The maximum Gasteiger partial charge on any atom is 0.337 e. The first-order valence-electron chi connectivity index (χ1n) is 7.67. The summed E-state index contributed by atoms with van der Waals surface area (Å²) < 4.78 is 15.0. The molecule has 0 radical (unpaired) electrons. The van der Waals surface area contributed by atoms with Crippen LogP contribution in [0.1, 0.15) is 39.8 Å². The molecule has 3 rings (SSSR count). The van der Waals surface area contributed by atoms with Gasteiger partial charge in [-0.1, -0.05) is 11.6 Å². The number of aliphatic hydroxyl groups is 1. The summed E-state index contributed by atoms with van der Waals surface area (Å²) in [5.74, 6) is -2.81. The number of nitrogens with zero attached hydrogens (tertiary/aromatic N) is 2. The molecule has 0 saturated carbocycles. The lowest BCUT2D eigenvalue weighted by atomic mass is 10.1. The van der Waals surface area contributed by atoms with E-state index in [1.54, 1.807) is 10.6 Å². The van der Waals surface area contributed by atoms with Gasteiger partial charge >= 0.3 is 5.97 Å². The number of carboxylic acid groups (broad SMARTS) is 1. The summed E-state index contributed by atoms with van der Waals surface area (Å²) >= 11 is 6.21. The summed E-state index contributed by atoms with van der Waals surface area (Å²) in [6.45, 7) is 0.455. The standard InChI is InChI=1S/C17H13ClFN3O4/c18-13-12(15(23)17(25)26)11-2-1-5-22(11)14(13)16(24)21-9-3-4-10(19)8(6-9)7-20/h3-4,6,15,23H,1-2,5H2,(H,21,24)(H,25,26). The summed E-state index contributed by atoms with van der Waals surface area (Å²) in [5, 5.41) is 30.3. The highest BCUT2D eigenvalue weighted by Crippen LogP contribution is 2.37. The predicted octanol–water partition coefficient (Wildman–Crippen LogP) is 2.47. The van der Waals surface area contributed by atoms with Gasteiger partial charge in [0.25, 0.3) is 5.91 Å². The Kier molecular flexibility index (Phi) is 4.68. The fraction of sp³-hybridized carbons (Fsp3) is 0.235. The summed E-state index contributed by atoms with van der Waals surface area (Å²) in [4.78, 5) is 23.8. The molecular weight excluding hydrogens is 365 g/mol. The lowest BCUT2D eigenvalue weighted by Crippen LogP contribution is -2.17. The number of carbonyl (C=O) groups is 2. The van der Waals surface area contributed by atoms with Crippen LogP contribution in [0.3, 0.4) is 0 Å². The first-order valence-corrected chi connectivity index (χ1v) is 8.05. The van der Waals surface area contributed by atoms with E-state index >= 15 is 0 Å². The molecule has 1 aliphatic heterocycles. The topological polar surface area (TPSA) is 115 Å². The number of benzene rings is 1. The van der Waals surface area contributed by atoms with Crippen LogP contribution in [-0.2, 0) is 17.8 Å². The number of nitrogens with one attached hydrogen (secondary N) is 1. The molecule has 0 aliphatic carbocycles. The maximum absolute atomic E-state index is 13.4. The van der Waals surface area contributed by atoms with Crippen molar-refractivity contribution in [2.45, 2.75) is 25.5 Å². The second-order valence-corrected chi connectivity index (χ2v) is 6.16. The van der Waals surface area contributed by atoms with Crippen molar-refractivity contribution in [2.75, 3.05) is 5.32 Å². The van der Waals surface area contributed by atoms with Crippen molar-refractivity contribution < 1.29 is 24.2 Å². The molecule has 1 aromatic carbocycles. The number of carboxylic acids is 1. The fourth-order valence-electron chi connectivity index (χ4n) is 3.08. The Morgan fingerprint density at radius 2 is 2.15 bits per heavy atom. The number of rotatable bonds is 4. The Morgan fingerprint density at radius 1 is 1.42 bits per heavy atom. The van der Waals surface area contributed by atoms with Crippen molar-refractivity contribution in [3.8, 4) is 6.07 Å². The molecule has 0 spiro atoms. The molecule has 0 saturated heterocycles. The van der Waals surface area contributed by atoms with Crippen molar-refractivity contribution >= 4 is 29.2 Å². The normalized spacial score (nSPS) is 13.8. The second kappa shape index (κ2) is 6.78. The number of amides is 1. The van der Waals surface area contributed by atoms with Crippen LogP contribution in [0, 0.1) is 17.1 Å². The zero-order valence-electron chi connectivity index (χ0n) is 13.3. The molecule has 9 heteroatoms. The number of aliphatic carboxylic acids is 1. The number of nitriles is 1. The minimum absolute atomic E-state index is 0.0126. The average molecular weight is 378 g/mol. The number of carbonyl (C=O) groups excluding carboxylic acids is 1. The van der Waals surface area contributed by atoms with E-state index < -0.39 is 23.8 Å². The van der Waals surface area contributed by atoms with Gasteiger partial charge in [-0.3, -0.25) is 4.79 Å². The van der Waals surface area contributed by atoms with Gasteiger partial charge in [0.05, 0.1) is 10.6 Å². The van der Waals surface area contributed by atoms with Crippen LogP contribution in [0.4, 0.5) is 10.1 Å². The molecular formula is C17H13ClFN3O4. The van der Waals surface area contributed by atoms with E-state index in [2.05, 4.69) is 5.32 Å². The molecule has 1 atom stereocenters. The first-order chi connectivity index (χ1) is 12.3. The molecule has 2 heterocycles. The largest absolute Gasteiger partial charge is 0.479 e. The van der Waals surface area contributed by atoms with Crippen LogP contribution in [0.25, 0.3) is 0 Å². The predicted molar refractivity (Wildman–Crippen MR) is 89.4 cm³/mol. The monoisotopic (exact) mass is 377 g/mol. The van der Waals surface area contributed by atoms with Crippen LogP contribution in [0.2, 0.25) is 5.02 Å². The number of fused-ring (bicyclic) bond motifs is 1. The third-order valence-electron chi connectivity index (χ3n) is 4.21. The molecule has 0 bridgehead atoms. The minimum Gasteiger partial charge on any atom is -0.479 e. The van der Waals surface area contributed by atoms with Crippen LogP contribution in [0.15, 0.2) is 18.2 Å². The van der Waals surface area contributed by atoms with Crippen molar-refractivity contribution in [1.82, 2.24) is 4.57 Å². The van der Waals surface area contributed by atoms with E-state index in [1.165, 1.54) is 12.1 Å². The molecule has 1 unspecified atom stereocenters. The van der Waals surface area contributed by atoms with E-state index in [1.807, 2.05) is 0 Å². The number of anilines is 1. The zero-order chi connectivity index (χ0) is 19.0. The van der Waals surface area contributed by atoms with E-state index in [4.69, 9.17) is 22.0 Å². The molecule has 134 valence electrons. The minimum atomic E-state index is -1.83. The second-order valence-electron chi connectivity index (χ2n) is 5.78. The molecule has 1 amide bonds. The van der Waals surface area contributed by atoms with Crippen LogP contribution in [-0.4, -0.2) is 26.7 Å². The summed E-state index contributed by atoms with van der Waals surface area (Å²) in [6.07, 6.45) is -0.664. The maximum atomic E-state index is 13.4. The Labute approximate surface area is 152 Å². The van der Waals surface area contributed by atoms with Crippen molar-refractivity contribution in [1.29, 1.82) is 5.26 Å². The highest BCUT2D eigenvalue weighted by Gasteiger charge is 2.34. The van der Waals surface area contributed by atoms with Gasteiger partial charge in [-0.2, -0.15) is 5.26 Å². The molecule has 1 aromatic heterocycles. The third-order valence-corrected chi connectivity index (χ3v) is 4.60. The van der Waals surface area contributed by atoms with E-state index in [9.17, 15) is 19.1 Å². The number of aromatic nitrogens is 1. The Bertz CT molecular complexity index is 964. The Hall–Kier alpha value is -2.89. The fourth-order valence-corrected chi connectivity index (χ4v) is 3.48. The summed E-state index contributed by atoms with van der Waals surface area (Å²) in [5.41, 5.74) is 0.511. The summed E-state index contributed by atoms with van der Waals surface area (Å²) in [6, 6.07) is 5.21. The number of halogens is 2. The highest BCUT2D eigenvalue weighted by atomic mass is 35.5. The number of hydrogen-bond donors (Lipinski definition) is 3. The van der Waals surface area contributed by atoms with Crippen LogP contribution >= 0.6 is 11.6 Å². The van der Waals surface area contributed by atoms with E-state index in [-0.39, 0.29) is 27.5 Å². The molecule has 3 N–H and O–H groups in total. The van der Waals surface area contributed by atoms with Gasteiger partial charge in [0.2, 0.25) is 0 Å². The van der Waals surface area contributed by atoms with Gasteiger partial charge in [0.15, 0.2) is 6.10 Å². The van der Waals surface area contributed by atoms with E-state index in [0.717, 1.165) is 6.07 Å². The third kappa shape index (κ3) is 2.92. The lowest BCUT2D eigenvalue weighted by molar-refractivity contribution is -0.147. The van der Waals surface area contributed by atoms with Gasteiger partial charge < -0.3 is 20.1 Å². The Balaban J connectivity index is 2.00. The van der Waals surface area contributed by atoms with Crippen molar-refractivity contribution in [2.24, 2.45) is 0 Å². The molecule has 1 aliphatic rings. The number of hydrogen-bond acceptors (Lipinski definition) is 4. The summed E-state index contributed by atoms with van der Waals surface area (Å²) in [7, 11) is 0. The molecule has 26 heavy (non-hydrogen) atoms. The lowest BCUT2D eigenvalue weighted by Gasteiger charge is -2.09. The number of aliphatic hydroxyl groups excluding tert-OH is 1. The quantitative estimate of drug-likeness (QED) is 0.757. The smallest absolute Gasteiger partial charge is 0.337 e. The average Bonchev–Trinajstić information content (AvgIpc) is 3.15. The van der Waals surface area contributed by atoms with Gasteiger partial charge in [-0.25, -0.2) is 9.18 Å². The van der Waals surface area contributed by atoms with Crippen molar-refractivity contribution in [3.05, 3.63) is 51.6 Å². The zero-order valence-corrected chi connectivity index (χ0v) is 14.0. The van der Waals surface area contributed by atoms with Crippen molar-refractivity contribution in [3.63, 3.8) is 0 Å².